The van der Waals surface area contributed by atoms with Crippen LogP contribution < -0.4 is 5.32 Å². The largest absolute Gasteiger partial charge is 0.380 e. The summed E-state index contributed by atoms with van der Waals surface area (Å²) in [5.74, 6) is -0.186. The highest BCUT2D eigenvalue weighted by Gasteiger charge is 2.28. The Morgan fingerprint density at radius 1 is 1.17 bits per heavy atom. The van der Waals surface area contributed by atoms with E-state index >= 15 is 0 Å². The lowest BCUT2D eigenvalue weighted by atomic mass is 10.3. The molecule has 0 atom stereocenters. The lowest BCUT2D eigenvalue weighted by Gasteiger charge is -2.33. The first kappa shape index (κ1) is 18.9. The van der Waals surface area contributed by atoms with E-state index in [9.17, 15) is 13.2 Å². The molecule has 1 fully saturated rings. The number of piperazine rings is 1. The number of carbonyl (C=O) groups excluding carboxylic acids is 1. The molecule has 0 aromatic heterocycles. The molecule has 0 unspecified atom stereocenters. The molecule has 24 heavy (non-hydrogen) atoms. The molecule has 0 spiro atoms. The molecule has 8 heteroatoms. The van der Waals surface area contributed by atoms with Crippen LogP contribution in [-0.4, -0.2) is 69.5 Å². The molecule has 1 saturated heterocycles. The van der Waals surface area contributed by atoms with Crippen LogP contribution in [0.5, 0.6) is 0 Å². The van der Waals surface area contributed by atoms with Crippen LogP contribution in [0.4, 0.5) is 5.69 Å². The molecule has 7 nitrogen and oxygen atoms in total. The third kappa shape index (κ3) is 5.01. The molecule has 1 aliphatic rings. The first-order valence-electron chi connectivity index (χ1n) is 8.11. The minimum atomic E-state index is -3.49. The summed E-state index contributed by atoms with van der Waals surface area (Å²) in [4.78, 5) is 13.5. The third-order valence-corrected chi connectivity index (χ3v) is 5.81. The zero-order chi connectivity index (χ0) is 17.6. The van der Waals surface area contributed by atoms with Crippen molar-refractivity contribution < 1.29 is 17.9 Å². The number of benzene rings is 1. The van der Waals surface area contributed by atoms with Crippen molar-refractivity contribution in [3.63, 3.8) is 0 Å². The minimum absolute atomic E-state index is 0.186. The monoisotopic (exact) mass is 355 g/mol. The number of carbonyl (C=O) groups is 1. The summed E-state index contributed by atoms with van der Waals surface area (Å²) in [5, 5.41) is 2.63. The molecule has 0 radical (unpaired) electrons. The molecular formula is C16H25N3O4S. The number of anilines is 1. The van der Waals surface area contributed by atoms with Crippen LogP contribution in [0.25, 0.3) is 0 Å². The third-order valence-electron chi connectivity index (χ3n) is 3.90. The second-order valence-electron chi connectivity index (χ2n) is 5.65. The average molecular weight is 355 g/mol. The van der Waals surface area contributed by atoms with Crippen LogP contribution >= 0.6 is 0 Å². The quantitative estimate of drug-likeness (QED) is 0.738. The molecule has 1 aromatic carbocycles. The standard InChI is InChI=1S/C16H25N3O4S/c1-3-23-13-12-18-8-10-19(11-9-18)24(21,22)16-6-4-15(5-7-16)17-14(2)20/h4-7H,3,8-13H2,1-2H3,(H,17,20). The Labute approximate surface area is 143 Å². The van der Waals surface area contributed by atoms with Crippen LogP contribution in [0, 0.1) is 0 Å². The first-order chi connectivity index (χ1) is 11.4. The van der Waals surface area contributed by atoms with Gasteiger partial charge in [0.25, 0.3) is 0 Å². The van der Waals surface area contributed by atoms with E-state index < -0.39 is 10.0 Å². The van der Waals surface area contributed by atoms with E-state index in [1.54, 1.807) is 12.1 Å². The number of amides is 1. The zero-order valence-electron chi connectivity index (χ0n) is 14.2. The molecule has 1 N–H and O–H groups in total. The van der Waals surface area contributed by atoms with Crippen molar-refractivity contribution in [2.24, 2.45) is 0 Å². The molecular weight excluding hydrogens is 330 g/mol. The number of ether oxygens (including phenoxy) is 1. The van der Waals surface area contributed by atoms with Gasteiger partial charge in [-0.05, 0) is 31.2 Å². The fourth-order valence-corrected chi connectivity index (χ4v) is 4.02. The second-order valence-corrected chi connectivity index (χ2v) is 7.59. The van der Waals surface area contributed by atoms with Gasteiger partial charge in [-0.3, -0.25) is 9.69 Å². The maximum atomic E-state index is 12.7. The predicted octanol–water partition coefficient (Wildman–Crippen LogP) is 0.988. The average Bonchev–Trinajstić information content (AvgIpc) is 2.55. The van der Waals surface area contributed by atoms with Crippen molar-refractivity contribution in [3.8, 4) is 0 Å². The Hall–Kier alpha value is -1.48. The van der Waals surface area contributed by atoms with Gasteiger partial charge < -0.3 is 10.1 Å². The Balaban J connectivity index is 1.95. The van der Waals surface area contributed by atoms with E-state index in [4.69, 9.17) is 4.74 Å². The van der Waals surface area contributed by atoms with E-state index in [-0.39, 0.29) is 10.8 Å². The summed E-state index contributed by atoms with van der Waals surface area (Å²) >= 11 is 0. The van der Waals surface area contributed by atoms with Gasteiger partial charge >= 0.3 is 0 Å². The Morgan fingerprint density at radius 2 is 1.79 bits per heavy atom. The molecule has 0 bridgehead atoms. The van der Waals surface area contributed by atoms with Gasteiger partial charge in [-0.1, -0.05) is 0 Å². The van der Waals surface area contributed by atoms with Gasteiger partial charge in [-0.15, -0.1) is 0 Å². The summed E-state index contributed by atoms with van der Waals surface area (Å²) in [6, 6.07) is 6.27. The summed E-state index contributed by atoms with van der Waals surface area (Å²) in [5.41, 5.74) is 0.585. The van der Waals surface area contributed by atoms with E-state index in [0.717, 1.165) is 6.54 Å². The van der Waals surface area contributed by atoms with E-state index in [1.165, 1.54) is 23.4 Å². The Morgan fingerprint density at radius 3 is 2.33 bits per heavy atom. The number of sulfonamides is 1. The van der Waals surface area contributed by atoms with Crippen LogP contribution in [0.1, 0.15) is 13.8 Å². The van der Waals surface area contributed by atoms with Crippen LogP contribution in [0.2, 0.25) is 0 Å². The maximum Gasteiger partial charge on any atom is 0.243 e. The van der Waals surface area contributed by atoms with E-state index in [0.29, 0.717) is 45.1 Å². The lowest BCUT2D eigenvalue weighted by molar-refractivity contribution is -0.114. The molecule has 1 aliphatic heterocycles. The lowest BCUT2D eigenvalue weighted by Crippen LogP contribution is -2.49. The van der Waals surface area contributed by atoms with Crippen LogP contribution in [-0.2, 0) is 19.6 Å². The highest BCUT2D eigenvalue weighted by atomic mass is 32.2. The van der Waals surface area contributed by atoms with Gasteiger partial charge in [0.2, 0.25) is 15.9 Å². The number of nitrogens with zero attached hydrogens (tertiary/aromatic N) is 2. The smallest absolute Gasteiger partial charge is 0.243 e. The van der Waals surface area contributed by atoms with E-state index in [1.807, 2.05) is 6.92 Å². The fraction of sp³-hybridized carbons (Fsp3) is 0.562. The first-order valence-corrected chi connectivity index (χ1v) is 9.55. The van der Waals surface area contributed by atoms with Crippen LogP contribution in [0.3, 0.4) is 0 Å². The van der Waals surface area contributed by atoms with Gasteiger partial charge in [-0.25, -0.2) is 8.42 Å². The minimum Gasteiger partial charge on any atom is -0.380 e. The topological polar surface area (TPSA) is 79.0 Å². The van der Waals surface area contributed by atoms with Gasteiger partial charge in [0.1, 0.15) is 0 Å². The number of hydrogen-bond acceptors (Lipinski definition) is 5. The molecule has 1 heterocycles. The normalized spacial score (nSPS) is 16.9. The molecule has 0 aliphatic carbocycles. The van der Waals surface area contributed by atoms with Crippen molar-refractivity contribution in [2.45, 2.75) is 18.7 Å². The Kier molecular flexibility index (Phi) is 6.73. The van der Waals surface area contributed by atoms with Gasteiger partial charge in [-0.2, -0.15) is 4.31 Å². The van der Waals surface area contributed by atoms with Crippen LogP contribution in [0.15, 0.2) is 29.2 Å². The second kappa shape index (κ2) is 8.57. The van der Waals surface area contributed by atoms with Crippen molar-refractivity contribution in [1.29, 1.82) is 0 Å². The van der Waals surface area contributed by atoms with Gasteiger partial charge in [0.15, 0.2) is 0 Å². The molecule has 0 saturated carbocycles. The molecule has 1 amide bonds. The van der Waals surface area contributed by atoms with E-state index in [2.05, 4.69) is 10.2 Å². The summed E-state index contributed by atoms with van der Waals surface area (Å²) in [6.45, 7) is 7.93. The fourth-order valence-electron chi connectivity index (χ4n) is 2.59. The van der Waals surface area contributed by atoms with Crippen molar-refractivity contribution in [2.75, 3.05) is 51.3 Å². The highest BCUT2D eigenvalue weighted by Crippen LogP contribution is 2.19. The SMILES string of the molecule is CCOCCN1CCN(S(=O)(=O)c2ccc(NC(C)=O)cc2)CC1. The number of nitrogens with one attached hydrogen (secondary N) is 1. The molecule has 1 aromatic rings. The Bertz CT molecular complexity index is 638. The number of rotatable bonds is 7. The summed E-state index contributed by atoms with van der Waals surface area (Å²) in [7, 11) is -3.49. The molecule has 134 valence electrons. The highest BCUT2D eigenvalue weighted by molar-refractivity contribution is 7.89. The van der Waals surface area contributed by atoms with Crippen molar-refractivity contribution >= 4 is 21.6 Å². The summed E-state index contributed by atoms with van der Waals surface area (Å²) in [6.07, 6.45) is 0. The summed E-state index contributed by atoms with van der Waals surface area (Å²) < 4.78 is 32.2. The van der Waals surface area contributed by atoms with Crippen molar-refractivity contribution in [1.82, 2.24) is 9.21 Å². The molecule has 2 rings (SSSR count). The predicted molar refractivity (Wildman–Crippen MR) is 92.4 cm³/mol. The van der Waals surface area contributed by atoms with Gasteiger partial charge in [0.05, 0.1) is 11.5 Å². The maximum absolute atomic E-state index is 12.7. The number of hydrogen-bond donors (Lipinski definition) is 1. The van der Waals surface area contributed by atoms with Gasteiger partial charge in [0, 0.05) is 51.9 Å². The zero-order valence-corrected chi connectivity index (χ0v) is 15.0. The van der Waals surface area contributed by atoms with Crippen molar-refractivity contribution in [3.05, 3.63) is 24.3 Å².